The van der Waals surface area contributed by atoms with Gasteiger partial charge in [0.15, 0.2) is 0 Å². The Morgan fingerprint density at radius 3 is 2.21 bits per heavy atom. The smallest absolute Gasteiger partial charge is 0.296 e. The highest BCUT2D eigenvalue weighted by Crippen LogP contribution is 2.31. The van der Waals surface area contributed by atoms with Gasteiger partial charge >= 0.3 is 0 Å². The third-order valence-corrected chi connectivity index (χ3v) is 4.67. The van der Waals surface area contributed by atoms with E-state index in [-0.39, 0.29) is 0 Å². The third kappa shape index (κ3) is 3.88. The molecule has 0 aliphatic rings. The molecule has 130 valence electrons. The number of nitrogen functional groups attached to an aromatic ring is 1. The topological polar surface area (TPSA) is 173 Å². The van der Waals surface area contributed by atoms with Gasteiger partial charge in [0.2, 0.25) is 11.9 Å². The molecule has 2 rings (SSSR count). The molecular formula is C10H8ClFN4O6S2. The Hall–Kier alpha value is -2.06. The summed E-state index contributed by atoms with van der Waals surface area (Å²) in [4.78, 5) is 4.97. The van der Waals surface area contributed by atoms with Crippen LogP contribution >= 0.6 is 11.6 Å². The van der Waals surface area contributed by atoms with Gasteiger partial charge in [0.25, 0.3) is 20.2 Å². The van der Waals surface area contributed by atoms with E-state index in [0.29, 0.717) is 6.07 Å². The van der Waals surface area contributed by atoms with Gasteiger partial charge in [-0.1, -0.05) is 11.6 Å². The van der Waals surface area contributed by atoms with E-state index in [1.54, 1.807) is 0 Å². The minimum absolute atomic E-state index is 0.392. The average molecular weight is 399 g/mol. The summed E-state index contributed by atoms with van der Waals surface area (Å²) < 4.78 is 76.7. The molecule has 0 saturated carbocycles. The number of hydrogen-bond donors (Lipinski definition) is 4. The number of nitrogens with one attached hydrogen (secondary N) is 1. The maximum atomic E-state index is 13.3. The first-order valence-electron chi connectivity index (χ1n) is 5.73. The first-order valence-corrected chi connectivity index (χ1v) is 8.99. The van der Waals surface area contributed by atoms with Crippen LogP contribution in [-0.4, -0.2) is 35.9 Å². The van der Waals surface area contributed by atoms with E-state index in [9.17, 15) is 25.8 Å². The molecule has 0 fully saturated rings. The summed E-state index contributed by atoms with van der Waals surface area (Å²) in [6.07, 6.45) is 0.884. The van der Waals surface area contributed by atoms with Crippen LogP contribution in [-0.2, 0) is 20.2 Å². The van der Waals surface area contributed by atoms with E-state index in [0.717, 1.165) is 12.3 Å². The SMILES string of the molecule is Nc1cc(Nc2ncc(Cl)c(F)n2)c(S(=O)(=O)O)cc1S(=O)(=O)O. The van der Waals surface area contributed by atoms with Gasteiger partial charge in [0.1, 0.15) is 14.8 Å². The molecule has 24 heavy (non-hydrogen) atoms. The van der Waals surface area contributed by atoms with Crippen molar-refractivity contribution < 1.29 is 30.3 Å². The summed E-state index contributed by atoms with van der Waals surface area (Å²) in [7, 11) is -9.80. The highest BCUT2D eigenvalue weighted by molar-refractivity contribution is 7.86. The lowest BCUT2D eigenvalue weighted by Crippen LogP contribution is -2.10. The zero-order valence-electron chi connectivity index (χ0n) is 11.3. The molecule has 0 aliphatic carbocycles. The van der Waals surface area contributed by atoms with E-state index in [1.807, 2.05) is 0 Å². The van der Waals surface area contributed by atoms with Crippen molar-refractivity contribution in [3.63, 3.8) is 0 Å². The molecule has 0 bridgehead atoms. The van der Waals surface area contributed by atoms with Crippen LogP contribution in [0.5, 0.6) is 0 Å². The molecular weight excluding hydrogens is 391 g/mol. The molecule has 0 atom stereocenters. The lowest BCUT2D eigenvalue weighted by Gasteiger charge is -2.12. The minimum atomic E-state index is -4.94. The van der Waals surface area contributed by atoms with E-state index in [1.165, 1.54) is 0 Å². The van der Waals surface area contributed by atoms with Gasteiger partial charge in [-0.05, 0) is 12.1 Å². The third-order valence-electron chi connectivity index (χ3n) is 2.62. The Morgan fingerprint density at radius 1 is 1.12 bits per heavy atom. The molecule has 0 amide bonds. The molecule has 1 aromatic carbocycles. The minimum Gasteiger partial charge on any atom is -0.398 e. The molecule has 5 N–H and O–H groups in total. The number of nitrogens with two attached hydrogens (primary N) is 1. The fourth-order valence-electron chi connectivity index (χ4n) is 1.64. The van der Waals surface area contributed by atoms with Crippen LogP contribution in [0.25, 0.3) is 0 Å². The van der Waals surface area contributed by atoms with Crippen LogP contribution in [0.3, 0.4) is 0 Å². The number of rotatable bonds is 4. The molecule has 0 unspecified atom stereocenters. The van der Waals surface area contributed by atoms with Crippen molar-refractivity contribution in [2.45, 2.75) is 9.79 Å². The standard InChI is InChI=1S/C10H8ClFN4O6S2/c11-4-3-14-10(16-9(4)12)15-6-1-5(13)7(23(17,18)19)2-8(6)24(20,21)22/h1-3H,13H2,(H,14,15,16)(H,17,18,19)(H,20,21,22). The fourth-order valence-corrected chi connectivity index (χ4v) is 3.08. The molecule has 1 heterocycles. The number of aromatic nitrogens is 2. The number of nitrogens with zero attached hydrogens (tertiary/aromatic N) is 2. The maximum absolute atomic E-state index is 13.3. The first-order chi connectivity index (χ1) is 10.9. The van der Waals surface area contributed by atoms with E-state index in [4.69, 9.17) is 21.9 Å². The Labute approximate surface area is 140 Å². The molecule has 14 heteroatoms. The van der Waals surface area contributed by atoms with Gasteiger partial charge in [0.05, 0.1) is 17.6 Å². The molecule has 1 aromatic heterocycles. The number of halogens is 2. The first kappa shape index (κ1) is 18.3. The zero-order chi connectivity index (χ0) is 18.3. The summed E-state index contributed by atoms with van der Waals surface area (Å²) in [5.41, 5.74) is 4.44. The predicted molar refractivity (Wildman–Crippen MR) is 80.8 cm³/mol. The summed E-state index contributed by atoms with van der Waals surface area (Å²) in [5, 5.41) is 1.86. The largest absolute Gasteiger partial charge is 0.398 e. The zero-order valence-corrected chi connectivity index (χ0v) is 13.7. The van der Waals surface area contributed by atoms with Crippen LogP contribution in [0.1, 0.15) is 0 Å². The van der Waals surface area contributed by atoms with Gasteiger partial charge < -0.3 is 11.1 Å². The van der Waals surface area contributed by atoms with Crippen LogP contribution in [0.15, 0.2) is 28.1 Å². The number of hydrogen-bond acceptors (Lipinski definition) is 8. The van der Waals surface area contributed by atoms with Crippen molar-refractivity contribution in [3.8, 4) is 0 Å². The Morgan fingerprint density at radius 2 is 1.71 bits per heavy atom. The monoisotopic (exact) mass is 398 g/mol. The Bertz CT molecular complexity index is 1030. The van der Waals surface area contributed by atoms with E-state index < -0.39 is 58.3 Å². The van der Waals surface area contributed by atoms with Crippen molar-refractivity contribution in [1.82, 2.24) is 9.97 Å². The van der Waals surface area contributed by atoms with Gasteiger partial charge in [-0.3, -0.25) is 9.11 Å². The van der Waals surface area contributed by atoms with Crippen molar-refractivity contribution >= 4 is 49.2 Å². The predicted octanol–water partition coefficient (Wildman–Crippen LogP) is 1.09. The number of anilines is 3. The van der Waals surface area contributed by atoms with Gasteiger partial charge in [-0.15, -0.1) is 0 Å². The molecule has 0 saturated heterocycles. The summed E-state index contributed by atoms with van der Waals surface area (Å²) in [6, 6.07) is 1.21. The molecule has 0 radical (unpaired) electrons. The van der Waals surface area contributed by atoms with Gasteiger partial charge in [-0.2, -0.15) is 26.2 Å². The van der Waals surface area contributed by atoms with Crippen molar-refractivity contribution in [2.75, 3.05) is 11.1 Å². The average Bonchev–Trinajstić information content (AvgIpc) is 2.40. The van der Waals surface area contributed by atoms with Crippen LogP contribution < -0.4 is 11.1 Å². The highest BCUT2D eigenvalue weighted by Gasteiger charge is 2.24. The van der Waals surface area contributed by atoms with Crippen molar-refractivity contribution in [2.24, 2.45) is 0 Å². The summed E-state index contributed by atoms with van der Waals surface area (Å²) in [5.74, 6) is -1.55. The van der Waals surface area contributed by atoms with Crippen molar-refractivity contribution in [1.29, 1.82) is 0 Å². The van der Waals surface area contributed by atoms with Crippen molar-refractivity contribution in [3.05, 3.63) is 29.3 Å². The molecule has 2 aromatic rings. The lowest BCUT2D eigenvalue weighted by atomic mass is 10.3. The number of benzene rings is 1. The van der Waals surface area contributed by atoms with Gasteiger partial charge in [-0.25, -0.2) is 4.98 Å². The molecule has 0 aliphatic heterocycles. The van der Waals surface area contributed by atoms with Crippen LogP contribution in [0.2, 0.25) is 5.02 Å². The summed E-state index contributed by atoms with van der Waals surface area (Å²) in [6.45, 7) is 0. The highest BCUT2D eigenvalue weighted by atomic mass is 35.5. The van der Waals surface area contributed by atoms with Crippen LogP contribution in [0, 0.1) is 5.95 Å². The second-order valence-corrected chi connectivity index (χ2v) is 7.48. The van der Waals surface area contributed by atoms with E-state index in [2.05, 4.69) is 15.3 Å². The fraction of sp³-hybridized carbons (Fsp3) is 0. The summed E-state index contributed by atoms with van der Waals surface area (Å²) >= 11 is 5.41. The van der Waals surface area contributed by atoms with Crippen LogP contribution in [0.4, 0.5) is 21.7 Å². The second-order valence-electron chi connectivity index (χ2n) is 4.29. The maximum Gasteiger partial charge on any atom is 0.296 e. The second kappa shape index (κ2) is 6.10. The lowest BCUT2D eigenvalue weighted by molar-refractivity contribution is 0.482. The Balaban J connectivity index is 2.65. The molecule has 10 nitrogen and oxygen atoms in total. The molecule has 0 spiro atoms. The normalized spacial score (nSPS) is 12.2. The van der Waals surface area contributed by atoms with Gasteiger partial charge in [0, 0.05) is 0 Å². The van der Waals surface area contributed by atoms with E-state index >= 15 is 0 Å². The quantitative estimate of drug-likeness (QED) is 0.331. The Kier molecular flexibility index (Phi) is 4.65.